The van der Waals surface area contributed by atoms with Gasteiger partial charge in [-0.3, -0.25) is 4.79 Å². The molecule has 1 aromatic carbocycles. The maximum atomic E-state index is 13.5. The van der Waals surface area contributed by atoms with Crippen LogP contribution in [0.2, 0.25) is 0 Å². The Labute approximate surface area is 138 Å². The van der Waals surface area contributed by atoms with Gasteiger partial charge in [0.15, 0.2) is 5.76 Å². The van der Waals surface area contributed by atoms with E-state index in [1.165, 1.54) is 6.07 Å². The number of hydrogen-bond acceptors (Lipinski definition) is 4. The van der Waals surface area contributed by atoms with E-state index in [1.54, 1.807) is 30.3 Å². The van der Waals surface area contributed by atoms with Crippen LogP contribution in [0.5, 0.6) is 0 Å². The molecule has 3 rings (SSSR count). The van der Waals surface area contributed by atoms with Crippen molar-refractivity contribution in [3.63, 3.8) is 0 Å². The summed E-state index contributed by atoms with van der Waals surface area (Å²) in [7, 11) is 0. The molecule has 2 heterocycles. The lowest BCUT2D eigenvalue weighted by atomic mass is 10.1. The van der Waals surface area contributed by atoms with Crippen molar-refractivity contribution in [2.24, 2.45) is 0 Å². The minimum atomic E-state index is -0.386. The number of aryl methyl sites for hydroxylation is 2. The molecule has 124 valence electrons. The summed E-state index contributed by atoms with van der Waals surface area (Å²) in [5.41, 5.74) is 2.17. The summed E-state index contributed by atoms with van der Waals surface area (Å²) in [4.78, 5) is 12.1. The molecule has 0 aliphatic heterocycles. The third-order valence-electron chi connectivity index (χ3n) is 3.81. The van der Waals surface area contributed by atoms with Crippen LogP contribution in [-0.4, -0.2) is 11.1 Å². The first-order valence-electron chi connectivity index (χ1n) is 7.56. The van der Waals surface area contributed by atoms with Gasteiger partial charge in [-0.05, 0) is 32.0 Å². The summed E-state index contributed by atoms with van der Waals surface area (Å²) < 4.78 is 24.2. The zero-order valence-corrected chi connectivity index (χ0v) is 13.4. The fraction of sp³-hybridized carbons (Fsp3) is 0.222. The molecule has 0 atom stereocenters. The zero-order valence-electron chi connectivity index (χ0n) is 13.4. The SMILES string of the molecule is Cc1noc(C)c1Cc1ccc(C(=O)NCc2ccccc2F)o1. The van der Waals surface area contributed by atoms with E-state index >= 15 is 0 Å². The first-order valence-corrected chi connectivity index (χ1v) is 7.56. The summed E-state index contributed by atoms with van der Waals surface area (Å²) in [6, 6.07) is 9.65. The molecule has 0 aliphatic carbocycles. The highest BCUT2D eigenvalue weighted by atomic mass is 19.1. The number of rotatable bonds is 5. The van der Waals surface area contributed by atoms with Crippen molar-refractivity contribution >= 4 is 5.91 Å². The topological polar surface area (TPSA) is 68.3 Å². The number of nitrogens with one attached hydrogen (secondary N) is 1. The smallest absolute Gasteiger partial charge is 0.287 e. The Balaban J connectivity index is 1.65. The van der Waals surface area contributed by atoms with Gasteiger partial charge < -0.3 is 14.3 Å². The van der Waals surface area contributed by atoms with Gasteiger partial charge in [-0.15, -0.1) is 0 Å². The number of carbonyl (C=O) groups excluding carboxylic acids is 1. The standard InChI is InChI=1S/C18H17FN2O3/c1-11-15(12(2)24-21-11)9-14-7-8-17(23-14)18(22)20-10-13-5-3-4-6-16(13)19/h3-8H,9-10H2,1-2H3,(H,20,22). The Hall–Kier alpha value is -2.89. The van der Waals surface area contributed by atoms with E-state index in [9.17, 15) is 9.18 Å². The van der Waals surface area contributed by atoms with E-state index in [0.29, 0.717) is 17.7 Å². The van der Waals surface area contributed by atoms with Crippen molar-refractivity contribution < 1.29 is 18.1 Å². The summed E-state index contributed by atoms with van der Waals surface area (Å²) in [5.74, 6) is 0.822. The van der Waals surface area contributed by atoms with Crippen LogP contribution in [0.1, 0.15) is 38.9 Å². The largest absolute Gasteiger partial charge is 0.456 e. The molecule has 0 fully saturated rings. The van der Waals surface area contributed by atoms with Crippen LogP contribution in [0.15, 0.2) is 45.3 Å². The monoisotopic (exact) mass is 328 g/mol. The summed E-state index contributed by atoms with van der Waals surface area (Å²) in [6.07, 6.45) is 0.502. The second-order valence-electron chi connectivity index (χ2n) is 5.52. The number of halogens is 1. The van der Waals surface area contributed by atoms with Crippen molar-refractivity contribution in [3.05, 3.63) is 76.3 Å². The molecule has 6 heteroatoms. The number of furan rings is 1. The minimum Gasteiger partial charge on any atom is -0.456 e. The highest BCUT2D eigenvalue weighted by Crippen LogP contribution is 2.19. The van der Waals surface area contributed by atoms with E-state index in [1.807, 2.05) is 13.8 Å². The lowest BCUT2D eigenvalue weighted by Crippen LogP contribution is -2.22. The Kier molecular flexibility index (Phi) is 4.46. The molecule has 0 aliphatic rings. The van der Waals surface area contributed by atoms with Crippen LogP contribution < -0.4 is 5.32 Å². The molecule has 0 saturated carbocycles. The molecular formula is C18H17FN2O3. The van der Waals surface area contributed by atoms with Crippen LogP contribution in [0.4, 0.5) is 4.39 Å². The first-order chi connectivity index (χ1) is 11.5. The Morgan fingerprint density at radius 2 is 2.00 bits per heavy atom. The molecule has 5 nitrogen and oxygen atoms in total. The van der Waals surface area contributed by atoms with Gasteiger partial charge in [-0.1, -0.05) is 23.4 Å². The summed E-state index contributed by atoms with van der Waals surface area (Å²) in [6.45, 7) is 3.79. The third-order valence-corrected chi connectivity index (χ3v) is 3.81. The van der Waals surface area contributed by atoms with Crippen molar-refractivity contribution in [1.29, 1.82) is 0 Å². The molecule has 24 heavy (non-hydrogen) atoms. The van der Waals surface area contributed by atoms with Crippen LogP contribution in [0.3, 0.4) is 0 Å². The first kappa shape index (κ1) is 16.0. The molecule has 0 saturated heterocycles. The van der Waals surface area contributed by atoms with Gasteiger partial charge in [0.1, 0.15) is 17.3 Å². The Bertz CT molecular complexity index is 847. The van der Waals surface area contributed by atoms with E-state index < -0.39 is 0 Å². The predicted octanol–water partition coefficient (Wildman–Crippen LogP) is 3.54. The van der Waals surface area contributed by atoms with Gasteiger partial charge >= 0.3 is 0 Å². The van der Waals surface area contributed by atoms with Gasteiger partial charge in [0.05, 0.1) is 5.69 Å². The van der Waals surface area contributed by atoms with Crippen LogP contribution >= 0.6 is 0 Å². The molecule has 0 spiro atoms. The Morgan fingerprint density at radius 3 is 2.71 bits per heavy atom. The molecule has 2 aromatic heterocycles. The average molecular weight is 328 g/mol. The summed E-state index contributed by atoms with van der Waals surface area (Å²) >= 11 is 0. The van der Waals surface area contributed by atoms with Crippen molar-refractivity contribution in [2.45, 2.75) is 26.8 Å². The highest BCUT2D eigenvalue weighted by molar-refractivity contribution is 5.91. The average Bonchev–Trinajstić information content (AvgIpc) is 3.16. The van der Waals surface area contributed by atoms with Crippen molar-refractivity contribution in [3.8, 4) is 0 Å². The number of carbonyl (C=O) groups is 1. The minimum absolute atomic E-state index is 0.103. The maximum absolute atomic E-state index is 13.5. The van der Waals surface area contributed by atoms with Gasteiger partial charge in [0.25, 0.3) is 5.91 Å². The normalized spacial score (nSPS) is 10.8. The molecule has 0 bridgehead atoms. The molecule has 1 amide bonds. The van der Waals surface area contributed by atoms with Gasteiger partial charge in [0.2, 0.25) is 0 Å². The zero-order chi connectivity index (χ0) is 17.1. The van der Waals surface area contributed by atoms with Crippen LogP contribution in [0, 0.1) is 19.7 Å². The van der Waals surface area contributed by atoms with Crippen LogP contribution in [0.25, 0.3) is 0 Å². The highest BCUT2D eigenvalue weighted by Gasteiger charge is 2.15. The number of benzene rings is 1. The number of hydrogen-bond donors (Lipinski definition) is 1. The van der Waals surface area contributed by atoms with E-state index in [2.05, 4.69) is 10.5 Å². The van der Waals surface area contributed by atoms with E-state index in [4.69, 9.17) is 8.94 Å². The molecule has 3 aromatic rings. The maximum Gasteiger partial charge on any atom is 0.287 e. The number of aromatic nitrogens is 1. The third kappa shape index (κ3) is 3.37. The fourth-order valence-electron chi connectivity index (χ4n) is 2.43. The number of amides is 1. The molecule has 0 radical (unpaired) electrons. The molecular weight excluding hydrogens is 311 g/mol. The quantitative estimate of drug-likeness (QED) is 0.778. The Morgan fingerprint density at radius 1 is 1.21 bits per heavy atom. The van der Waals surface area contributed by atoms with Crippen molar-refractivity contribution in [2.75, 3.05) is 0 Å². The van der Waals surface area contributed by atoms with Crippen LogP contribution in [-0.2, 0) is 13.0 Å². The lowest BCUT2D eigenvalue weighted by molar-refractivity contribution is 0.0921. The van der Waals surface area contributed by atoms with E-state index in [-0.39, 0.29) is 24.0 Å². The van der Waals surface area contributed by atoms with Gasteiger partial charge in [-0.25, -0.2) is 4.39 Å². The van der Waals surface area contributed by atoms with Gasteiger partial charge in [0, 0.05) is 24.1 Å². The van der Waals surface area contributed by atoms with E-state index in [0.717, 1.165) is 17.0 Å². The summed E-state index contributed by atoms with van der Waals surface area (Å²) in [5, 5.41) is 6.54. The fourth-order valence-corrected chi connectivity index (χ4v) is 2.43. The second-order valence-corrected chi connectivity index (χ2v) is 5.52. The van der Waals surface area contributed by atoms with Gasteiger partial charge in [-0.2, -0.15) is 0 Å². The second kappa shape index (κ2) is 6.70. The molecule has 0 unspecified atom stereocenters. The van der Waals surface area contributed by atoms with Crippen molar-refractivity contribution in [1.82, 2.24) is 10.5 Å². The lowest BCUT2D eigenvalue weighted by Gasteiger charge is -2.04. The number of nitrogens with zero attached hydrogens (tertiary/aromatic N) is 1. The molecule has 1 N–H and O–H groups in total. The predicted molar refractivity (Wildman–Crippen MR) is 85.1 cm³/mol.